The molecular formula is C12H20N2O. The average Bonchev–Trinajstić information content (AvgIpc) is 2.20. The first kappa shape index (κ1) is 11.9. The van der Waals surface area contributed by atoms with Gasteiger partial charge >= 0.3 is 0 Å². The van der Waals surface area contributed by atoms with Gasteiger partial charge in [0, 0.05) is 12.2 Å². The van der Waals surface area contributed by atoms with Crippen LogP contribution in [0.4, 0.5) is 5.69 Å². The zero-order valence-corrected chi connectivity index (χ0v) is 9.49. The molecule has 0 aliphatic rings. The van der Waals surface area contributed by atoms with Gasteiger partial charge in [-0.1, -0.05) is 13.8 Å². The molecule has 1 aromatic carbocycles. The molecule has 0 aliphatic heterocycles. The number of hydrogen-bond donors (Lipinski definition) is 2. The summed E-state index contributed by atoms with van der Waals surface area (Å²) in [5.41, 5.74) is 6.33. The van der Waals surface area contributed by atoms with Crippen molar-refractivity contribution in [2.45, 2.75) is 13.8 Å². The Balaban J connectivity index is 2.12. The van der Waals surface area contributed by atoms with E-state index in [1.54, 1.807) is 0 Å². The smallest absolute Gasteiger partial charge is 0.119 e. The number of nitrogens with two attached hydrogens (primary N) is 1. The Morgan fingerprint density at radius 2 is 1.93 bits per heavy atom. The third-order valence-electron chi connectivity index (χ3n) is 1.98. The van der Waals surface area contributed by atoms with Crippen LogP contribution < -0.4 is 15.8 Å². The molecule has 0 heterocycles. The predicted molar refractivity (Wildman–Crippen MR) is 64.1 cm³/mol. The summed E-state index contributed by atoms with van der Waals surface area (Å²) < 4.78 is 5.52. The highest BCUT2D eigenvalue weighted by Gasteiger charge is 1.94. The summed E-state index contributed by atoms with van der Waals surface area (Å²) in [6, 6.07) is 7.46. The van der Waals surface area contributed by atoms with Gasteiger partial charge in [-0.3, -0.25) is 0 Å². The third-order valence-corrected chi connectivity index (χ3v) is 1.98. The van der Waals surface area contributed by atoms with Crippen LogP contribution in [0.1, 0.15) is 13.8 Å². The van der Waals surface area contributed by atoms with Gasteiger partial charge in [-0.05, 0) is 36.7 Å². The van der Waals surface area contributed by atoms with Crippen LogP contribution in [0.25, 0.3) is 0 Å². The molecule has 0 fully saturated rings. The summed E-state index contributed by atoms with van der Waals surface area (Å²) in [6.07, 6.45) is 0. The maximum absolute atomic E-state index is 5.57. The molecule has 0 aliphatic carbocycles. The lowest BCUT2D eigenvalue weighted by molar-refractivity contribution is 0.311. The number of nitrogens with one attached hydrogen (secondary N) is 1. The largest absolute Gasteiger partial charge is 0.492 e. The number of ether oxygens (including phenoxy) is 1. The highest BCUT2D eigenvalue weighted by molar-refractivity contribution is 5.41. The summed E-state index contributed by atoms with van der Waals surface area (Å²) >= 11 is 0. The van der Waals surface area contributed by atoms with Crippen molar-refractivity contribution in [3.63, 3.8) is 0 Å². The van der Waals surface area contributed by atoms with Gasteiger partial charge in [0.05, 0.1) is 0 Å². The number of benzene rings is 1. The molecule has 15 heavy (non-hydrogen) atoms. The van der Waals surface area contributed by atoms with E-state index in [9.17, 15) is 0 Å². The second-order valence-electron chi connectivity index (χ2n) is 4.02. The first-order valence-corrected chi connectivity index (χ1v) is 5.37. The lowest BCUT2D eigenvalue weighted by Crippen LogP contribution is -2.24. The quantitative estimate of drug-likeness (QED) is 0.554. The van der Waals surface area contributed by atoms with Gasteiger partial charge in [0.25, 0.3) is 0 Å². The van der Waals surface area contributed by atoms with Crippen molar-refractivity contribution in [2.75, 3.05) is 25.4 Å². The van der Waals surface area contributed by atoms with E-state index in [0.717, 1.165) is 24.5 Å². The highest BCUT2D eigenvalue weighted by Crippen LogP contribution is 2.12. The van der Waals surface area contributed by atoms with Crippen LogP contribution in [0.2, 0.25) is 0 Å². The molecular weight excluding hydrogens is 188 g/mol. The van der Waals surface area contributed by atoms with Gasteiger partial charge < -0.3 is 15.8 Å². The molecule has 1 aromatic rings. The zero-order valence-electron chi connectivity index (χ0n) is 9.49. The Hall–Kier alpha value is -1.22. The minimum atomic E-state index is 0.682. The van der Waals surface area contributed by atoms with E-state index in [4.69, 9.17) is 10.5 Å². The van der Waals surface area contributed by atoms with Crippen LogP contribution in [-0.2, 0) is 0 Å². The van der Waals surface area contributed by atoms with Gasteiger partial charge in [0.15, 0.2) is 0 Å². The van der Waals surface area contributed by atoms with Crippen LogP contribution in [0.5, 0.6) is 5.75 Å². The molecule has 0 aromatic heterocycles. The van der Waals surface area contributed by atoms with Crippen molar-refractivity contribution >= 4 is 5.69 Å². The zero-order chi connectivity index (χ0) is 11.1. The van der Waals surface area contributed by atoms with E-state index in [1.807, 2.05) is 24.3 Å². The summed E-state index contributed by atoms with van der Waals surface area (Å²) in [6.45, 7) is 6.98. The van der Waals surface area contributed by atoms with Crippen LogP contribution in [0, 0.1) is 5.92 Å². The van der Waals surface area contributed by atoms with E-state index < -0.39 is 0 Å². The minimum absolute atomic E-state index is 0.682. The molecule has 0 amide bonds. The van der Waals surface area contributed by atoms with Crippen LogP contribution in [-0.4, -0.2) is 19.7 Å². The van der Waals surface area contributed by atoms with Gasteiger partial charge in [-0.15, -0.1) is 0 Å². The molecule has 84 valence electrons. The van der Waals surface area contributed by atoms with Gasteiger partial charge in [0.1, 0.15) is 12.4 Å². The highest BCUT2D eigenvalue weighted by atomic mass is 16.5. The van der Waals surface area contributed by atoms with Crippen molar-refractivity contribution in [3.8, 4) is 5.75 Å². The summed E-state index contributed by atoms with van der Waals surface area (Å²) in [5, 5.41) is 3.32. The fourth-order valence-electron chi connectivity index (χ4n) is 1.20. The van der Waals surface area contributed by atoms with E-state index in [-0.39, 0.29) is 0 Å². The lowest BCUT2D eigenvalue weighted by atomic mass is 10.2. The average molecular weight is 208 g/mol. The lowest BCUT2D eigenvalue weighted by Gasteiger charge is -2.09. The van der Waals surface area contributed by atoms with Crippen molar-refractivity contribution in [3.05, 3.63) is 24.3 Å². The van der Waals surface area contributed by atoms with E-state index in [2.05, 4.69) is 19.2 Å². The fourth-order valence-corrected chi connectivity index (χ4v) is 1.20. The maximum Gasteiger partial charge on any atom is 0.119 e. The second-order valence-corrected chi connectivity index (χ2v) is 4.02. The topological polar surface area (TPSA) is 47.3 Å². The molecule has 0 unspecified atom stereocenters. The van der Waals surface area contributed by atoms with Crippen molar-refractivity contribution in [1.29, 1.82) is 0 Å². The SMILES string of the molecule is CC(C)CNCCOc1ccc(N)cc1. The summed E-state index contributed by atoms with van der Waals surface area (Å²) in [5.74, 6) is 1.55. The molecule has 0 bridgehead atoms. The normalized spacial score (nSPS) is 10.6. The van der Waals surface area contributed by atoms with E-state index in [0.29, 0.717) is 12.5 Å². The third kappa shape index (κ3) is 5.27. The Bertz CT molecular complexity index is 269. The van der Waals surface area contributed by atoms with Crippen LogP contribution in [0.15, 0.2) is 24.3 Å². The Kier molecular flexibility index (Phi) is 4.98. The first-order valence-electron chi connectivity index (χ1n) is 5.37. The number of nitrogen functional groups attached to an aromatic ring is 1. The molecule has 3 nitrogen and oxygen atoms in total. The Labute approximate surface area is 91.6 Å². The molecule has 3 heteroatoms. The Morgan fingerprint density at radius 3 is 2.53 bits per heavy atom. The minimum Gasteiger partial charge on any atom is -0.492 e. The Morgan fingerprint density at radius 1 is 1.27 bits per heavy atom. The van der Waals surface area contributed by atoms with Crippen molar-refractivity contribution in [2.24, 2.45) is 5.92 Å². The van der Waals surface area contributed by atoms with E-state index >= 15 is 0 Å². The predicted octanol–water partition coefficient (Wildman–Crippen LogP) is 1.89. The summed E-state index contributed by atoms with van der Waals surface area (Å²) in [7, 11) is 0. The van der Waals surface area contributed by atoms with Crippen molar-refractivity contribution < 1.29 is 4.74 Å². The van der Waals surface area contributed by atoms with E-state index in [1.165, 1.54) is 0 Å². The van der Waals surface area contributed by atoms with Crippen LogP contribution in [0.3, 0.4) is 0 Å². The van der Waals surface area contributed by atoms with Crippen molar-refractivity contribution in [1.82, 2.24) is 5.32 Å². The molecule has 3 N–H and O–H groups in total. The van der Waals surface area contributed by atoms with Gasteiger partial charge in [-0.25, -0.2) is 0 Å². The number of anilines is 1. The first-order chi connectivity index (χ1) is 7.18. The molecule has 0 radical (unpaired) electrons. The molecule has 0 saturated carbocycles. The number of hydrogen-bond acceptors (Lipinski definition) is 3. The molecule has 0 spiro atoms. The fraction of sp³-hybridized carbons (Fsp3) is 0.500. The molecule has 0 atom stereocenters. The monoisotopic (exact) mass is 208 g/mol. The summed E-state index contributed by atoms with van der Waals surface area (Å²) in [4.78, 5) is 0. The van der Waals surface area contributed by atoms with Gasteiger partial charge in [0.2, 0.25) is 0 Å². The van der Waals surface area contributed by atoms with Gasteiger partial charge in [-0.2, -0.15) is 0 Å². The molecule has 1 rings (SSSR count). The second kappa shape index (κ2) is 6.30. The standard InChI is InChI=1S/C12H20N2O/c1-10(2)9-14-7-8-15-12-5-3-11(13)4-6-12/h3-6,10,14H,7-9,13H2,1-2H3. The maximum atomic E-state index is 5.57. The number of rotatable bonds is 6. The molecule has 0 saturated heterocycles. The van der Waals surface area contributed by atoms with Crippen LogP contribution >= 0.6 is 0 Å².